The molecule has 6 heteroatoms. The summed E-state index contributed by atoms with van der Waals surface area (Å²) >= 11 is 3.57. The van der Waals surface area contributed by atoms with Gasteiger partial charge in [0.1, 0.15) is 0 Å². The molecule has 0 atom stereocenters. The maximum Gasteiger partial charge on any atom is 0.168 e. The number of rotatable bonds is 2. The van der Waals surface area contributed by atoms with E-state index in [-0.39, 0.29) is 0 Å². The van der Waals surface area contributed by atoms with Gasteiger partial charge < -0.3 is 4.57 Å². The summed E-state index contributed by atoms with van der Waals surface area (Å²) in [7, 11) is -2.59. The minimum absolute atomic E-state index is 0.328. The van der Waals surface area contributed by atoms with E-state index in [1.54, 1.807) is 40.9 Å². The molecular weight excluding hydrogens is 551 g/mol. The van der Waals surface area contributed by atoms with Gasteiger partial charge in [-0.2, -0.15) is 0 Å². The Hall–Kier alpha value is -4.23. The fourth-order valence-corrected chi connectivity index (χ4v) is 6.79. The van der Waals surface area contributed by atoms with Crippen molar-refractivity contribution in [2.24, 2.45) is 0 Å². The first-order valence-corrected chi connectivity index (χ1v) is 15.7. The smallest absolute Gasteiger partial charge is 0.168 e. The lowest BCUT2D eigenvalue weighted by Crippen LogP contribution is -1.94. The molecule has 0 bridgehead atoms. The van der Waals surface area contributed by atoms with Gasteiger partial charge in [-0.3, -0.25) is 0 Å². The third-order valence-electron chi connectivity index (χ3n) is 6.60. The van der Waals surface area contributed by atoms with Crippen LogP contribution in [-0.2, 0) is 10.7 Å². The van der Waals surface area contributed by atoms with Crippen LogP contribution in [-0.4, -0.2) is 13.0 Å². The van der Waals surface area contributed by atoms with Crippen molar-refractivity contribution in [3.8, 4) is 5.69 Å². The van der Waals surface area contributed by atoms with Crippen molar-refractivity contribution in [3.05, 3.63) is 144 Å². The van der Waals surface area contributed by atoms with E-state index >= 15 is 0 Å². The molecule has 8 rings (SSSR count). The van der Waals surface area contributed by atoms with Gasteiger partial charge in [0.15, 0.2) is 10.7 Å². The minimum atomic E-state index is -2.59. The number of nitrogens with zero attached hydrogens (tertiary/aromatic N) is 1. The molecule has 196 valence electrons. The van der Waals surface area contributed by atoms with Crippen LogP contribution in [0.1, 0.15) is 0 Å². The SMILES string of the molecule is O=[SH](=O)c1cccc(-n2c3ccccc3c3ccccc32)c1.c1ccc2sccc2c1.c1ccc2sccc2c1. The van der Waals surface area contributed by atoms with E-state index in [0.717, 1.165) is 27.5 Å². The summed E-state index contributed by atoms with van der Waals surface area (Å²) in [4.78, 5) is 0.328. The zero-order valence-corrected chi connectivity index (χ0v) is 23.9. The van der Waals surface area contributed by atoms with Gasteiger partial charge in [-0.05, 0) is 76.1 Å². The van der Waals surface area contributed by atoms with Crippen LogP contribution in [0.25, 0.3) is 47.7 Å². The van der Waals surface area contributed by atoms with Crippen LogP contribution in [0.3, 0.4) is 0 Å². The molecule has 0 spiro atoms. The zero-order chi connectivity index (χ0) is 27.3. The minimum Gasteiger partial charge on any atom is -0.309 e. The number of hydrogen-bond donors (Lipinski definition) is 1. The second-order valence-corrected chi connectivity index (χ2v) is 12.0. The van der Waals surface area contributed by atoms with Gasteiger partial charge in [-0.25, -0.2) is 8.42 Å². The molecule has 40 heavy (non-hydrogen) atoms. The summed E-state index contributed by atoms with van der Waals surface area (Å²) in [5.74, 6) is 0. The maximum atomic E-state index is 11.3. The van der Waals surface area contributed by atoms with Crippen molar-refractivity contribution in [2.45, 2.75) is 4.90 Å². The first kappa shape index (κ1) is 26.0. The van der Waals surface area contributed by atoms with Gasteiger partial charge in [0.05, 0.1) is 15.9 Å². The van der Waals surface area contributed by atoms with Gasteiger partial charge >= 0.3 is 0 Å². The number of para-hydroxylation sites is 2. The molecule has 0 radical (unpaired) electrons. The van der Waals surface area contributed by atoms with Crippen LogP contribution >= 0.6 is 22.7 Å². The normalized spacial score (nSPS) is 10.9. The third-order valence-corrected chi connectivity index (χ3v) is 9.10. The molecule has 8 aromatic rings. The summed E-state index contributed by atoms with van der Waals surface area (Å²) in [5, 5.41) is 9.25. The molecule has 0 aliphatic rings. The lowest BCUT2D eigenvalue weighted by Gasteiger charge is -2.08. The molecule has 3 heterocycles. The molecular formula is C34H25NO2S3. The Balaban J connectivity index is 0.000000131. The first-order valence-electron chi connectivity index (χ1n) is 12.8. The Morgan fingerprint density at radius 3 is 1.52 bits per heavy atom. The van der Waals surface area contributed by atoms with Crippen molar-refractivity contribution in [2.75, 3.05) is 0 Å². The van der Waals surface area contributed by atoms with Gasteiger partial charge in [0.25, 0.3) is 0 Å². The van der Waals surface area contributed by atoms with Crippen LogP contribution in [0.5, 0.6) is 0 Å². The Morgan fingerprint density at radius 1 is 0.500 bits per heavy atom. The Kier molecular flexibility index (Phi) is 7.73. The number of aromatic nitrogens is 1. The Labute approximate surface area is 242 Å². The zero-order valence-electron chi connectivity index (χ0n) is 21.4. The molecule has 0 saturated heterocycles. The predicted octanol–water partition coefficient (Wildman–Crippen LogP) is 9.56. The average molecular weight is 576 g/mol. The first-order chi connectivity index (χ1) is 19.7. The van der Waals surface area contributed by atoms with E-state index in [4.69, 9.17) is 0 Å². The monoisotopic (exact) mass is 575 g/mol. The summed E-state index contributed by atoms with van der Waals surface area (Å²) in [5.41, 5.74) is 3.00. The molecule has 0 aliphatic carbocycles. The summed E-state index contributed by atoms with van der Waals surface area (Å²) in [6.07, 6.45) is 0. The predicted molar refractivity (Wildman–Crippen MR) is 173 cm³/mol. The third kappa shape index (κ3) is 5.42. The largest absolute Gasteiger partial charge is 0.309 e. The van der Waals surface area contributed by atoms with Crippen LogP contribution in [0.15, 0.2) is 149 Å². The van der Waals surface area contributed by atoms with Crippen molar-refractivity contribution in [1.29, 1.82) is 0 Å². The number of hydrogen-bond acceptors (Lipinski definition) is 4. The Bertz CT molecular complexity index is 1940. The number of benzene rings is 5. The molecule has 0 amide bonds. The van der Waals surface area contributed by atoms with Crippen molar-refractivity contribution >= 4 is 75.4 Å². The lowest BCUT2D eigenvalue weighted by molar-refractivity contribution is 0.614. The molecule has 0 saturated carbocycles. The van der Waals surface area contributed by atoms with Crippen LogP contribution in [0.4, 0.5) is 0 Å². The average Bonchev–Trinajstić information content (AvgIpc) is 3.75. The quantitative estimate of drug-likeness (QED) is 0.209. The number of fused-ring (bicyclic) bond motifs is 5. The van der Waals surface area contributed by atoms with E-state index in [2.05, 4.69) is 100 Å². The Morgan fingerprint density at radius 2 is 1.00 bits per heavy atom. The van der Waals surface area contributed by atoms with Crippen LogP contribution in [0, 0.1) is 0 Å². The highest BCUT2D eigenvalue weighted by molar-refractivity contribution is 7.72. The summed E-state index contributed by atoms with van der Waals surface area (Å²) in [6.45, 7) is 0. The fourth-order valence-electron chi connectivity index (χ4n) is 4.76. The molecule has 5 aromatic carbocycles. The molecule has 0 fully saturated rings. The molecule has 0 N–H and O–H groups in total. The number of thiol groups is 1. The van der Waals surface area contributed by atoms with E-state index in [1.165, 1.54) is 20.2 Å². The molecule has 3 nitrogen and oxygen atoms in total. The maximum absolute atomic E-state index is 11.3. The van der Waals surface area contributed by atoms with E-state index in [1.807, 2.05) is 30.3 Å². The highest BCUT2D eigenvalue weighted by Crippen LogP contribution is 2.32. The van der Waals surface area contributed by atoms with Crippen LogP contribution < -0.4 is 0 Å². The highest BCUT2D eigenvalue weighted by atomic mass is 32.2. The van der Waals surface area contributed by atoms with Gasteiger partial charge in [-0.15, -0.1) is 22.7 Å². The van der Waals surface area contributed by atoms with E-state index < -0.39 is 10.7 Å². The van der Waals surface area contributed by atoms with Crippen molar-refractivity contribution in [3.63, 3.8) is 0 Å². The molecule has 0 aliphatic heterocycles. The summed E-state index contributed by atoms with van der Waals surface area (Å²) < 4.78 is 27.4. The topological polar surface area (TPSA) is 39.1 Å². The molecule has 3 aromatic heterocycles. The van der Waals surface area contributed by atoms with Crippen LogP contribution in [0.2, 0.25) is 0 Å². The van der Waals surface area contributed by atoms with E-state index in [9.17, 15) is 8.42 Å². The second kappa shape index (κ2) is 11.9. The van der Waals surface area contributed by atoms with E-state index in [0.29, 0.717) is 4.90 Å². The summed E-state index contributed by atoms with van der Waals surface area (Å²) in [6, 6.07) is 44.4. The highest BCUT2D eigenvalue weighted by Gasteiger charge is 2.11. The fraction of sp³-hybridized carbons (Fsp3) is 0. The van der Waals surface area contributed by atoms with Gasteiger partial charge in [-0.1, -0.05) is 78.9 Å². The van der Waals surface area contributed by atoms with Crippen molar-refractivity contribution in [1.82, 2.24) is 4.57 Å². The lowest BCUT2D eigenvalue weighted by atomic mass is 10.2. The number of thiophene rings is 2. The standard InChI is InChI=1S/C18H13NO2S.2C8H6S/c20-22(21)14-7-5-6-13(12-14)19-17-10-3-1-8-15(17)16-9-2-4-11-18(16)19;2*1-2-4-8-7(3-1)5-6-9-8/h1-12,22H;2*1-6H. The second-order valence-electron chi connectivity index (χ2n) is 9.06. The molecule has 0 unspecified atom stereocenters. The van der Waals surface area contributed by atoms with Gasteiger partial charge in [0, 0.05) is 25.9 Å². The van der Waals surface area contributed by atoms with Crippen molar-refractivity contribution < 1.29 is 8.42 Å². The van der Waals surface area contributed by atoms with Gasteiger partial charge in [0.2, 0.25) is 0 Å².